The molecular weight excluding hydrogens is 411 g/mol. The number of rotatable bonds is 5. The van der Waals surface area contributed by atoms with E-state index in [1.165, 1.54) is 19.1 Å². The van der Waals surface area contributed by atoms with E-state index in [1.807, 2.05) is 25.7 Å². The molecule has 1 atom stereocenters. The molecule has 1 heterocycles. The van der Waals surface area contributed by atoms with Gasteiger partial charge in [-0.15, -0.1) is 0 Å². The molecule has 32 heavy (non-hydrogen) atoms. The molecule has 2 aromatic rings. The van der Waals surface area contributed by atoms with Gasteiger partial charge in [-0.3, -0.25) is 14.5 Å². The number of benzene rings is 2. The predicted molar refractivity (Wildman–Crippen MR) is 120 cm³/mol. The number of halogens is 1. The number of esters is 1. The average Bonchev–Trinajstić information content (AvgIpc) is 2.72. The molecule has 0 bridgehead atoms. The number of anilines is 1. The maximum atomic E-state index is 14.1. The molecule has 7 heteroatoms. The Kier molecular flexibility index (Phi) is 7.00. The first kappa shape index (κ1) is 23.9. The van der Waals surface area contributed by atoms with Gasteiger partial charge < -0.3 is 15.2 Å². The lowest BCUT2D eigenvalue weighted by molar-refractivity contribution is -0.164. The highest BCUT2D eigenvalue weighted by Gasteiger charge is 2.42. The summed E-state index contributed by atoms with van der Waals surface area (Å²) in [6.07, 6.45) is 1.05. The normalized spacial score (nSPS) is 17.4. The van der Waals surface area contributed by atoms with Crippen LogP contribution in [-0.2, 0) is 20.1 Å². The second-order valence-corrected chi connectivity index (χ2v) is 9.24. The Bertz CT molecular complexity index is 963. The summed E-state index contributed by atoms with van der Waals surface area (Å²) < 4.78 is 19.6. The maximum Gasteiger partial charge on any atom is 0.309 e. The highest BCUT2D eigenvalue weighted by molar-refractivity contribution is 5.88. The minimum absolute atomic E-state index is 0.192. The Hall–Kier alpha value is -2.77. The lowest BCUT2D eigenvalue weighted by atomic mass is 9.88. The number of hydrogen-bond donors (Lipinski definition) is 2. The van der Waals surface area contributed by atoms with E-state index >= 15 is 0 Å². The molecular formula is C25H31FN2O4. The second-order valence-electron chi connectivity index (χ2n) is 9.24. The lowest BCUT2D eigenvalue weighted by Crippen LogP contribution is -2.51. The van der Waals surface area contributed by atoms with Crippen molar-refractivity contribution < 1.29 is 23.8 Å². The monoisotopic (exact) mass is 442 g/mol. The second kappa shape index (κ2) is 9.38. The summed E-state index contributed by atoms with van der Waals surface area (Å²) in [5, 5.41) is 14.6. The summed E-state index contributed by atoms with van der Waals surface area (Å²) in [6.45, 7) is 7.81. The smallest absolute Gasteiger partial charge is 0.309 e. The first-order chi connectivity index (χ1) is 15.0. The van der Waals surface area contributed by atoms with Crippen LogP contribution >= 0.6 is 0 Å². The van der Waals surface area contributed by atoms with Crippen LogP contribution in [0.25, 0.3) is 0 Å². The zero-order valence-electron chi connectivity index (χ0n) is 19.0. The topological polar surface area (TPSA) is 78.9 Å². The van der Waals surface area contributed by atoms with Crippen molar-refractivity contribution in [2.24, 2.45) is 5.92 Å². The van der Waals surface area contributed by atoms with Gasteiger partial charge >= 0.3 is 5.97 Å². The number of carbonyl (C=O) groups is 2. The van der Waals surface area contributed by atoms with Crippen molar-refractivity contribution in [2.45, 2.75) is 51.9 Å². The Morgan fingerprint density at radius 1 is 1.06 bits per heavy atom. The van der Waals surface area contributed by atoms with E-state index in [-0.39, 0.29) is 17.8 Å². The van der Waals surface area contributed by atoms with E-state index in [4.69, 9.17) is 4.74 Å². The number of carbonyl (C=O) groups excluding carboxylic acids is 2. The van der Waals surface area contributed by atoms with Crippen molar-refractivity contribution >= 4 is 17.6 Å². The van der Waals surface area contributed by atoms with Crippen LogP contribution in [0.5, 0.6) is 0 Å². The number of nitrogens with zero attached hydrogens (tertiary/aromatic N) is 1. The maximum absolute atomic E-state index is 14.1. The summed E-state index contributed by atoms with van der Waals surface area (Å²) in [6, 6.07) is 12.7. The van der Waals surface area contributed by atoms with Crippen LogP contribution in [0.4, 0.5) is 10.1 Å². The fraction of sp³-hybridized carbons (Fsp3) is 0.440. The first-order valence-electron chi connectivity index (χ1n) is 10.8. The summed E-state index contributed by atoms with van der Waals surface area (Å²) in [5.74, 6) is -1.11. The van der Waals surface area contributed by atoms with E-state index < -0.39 is 17.1 Å². The molecule has 1 aliphatic rings. The molecule has 2 N–H and O–H groups in total. The minimum Gasteiger partial charge on any atom is -0.460 e. The SMILES string of the molecule is CC(=O)Nc1ccc(C(O)(c2cccc(F)c2)N2CCC(C(=O)OC(C)(C)C)CC2)cc1. The van der Waals surface area contributed by atoms with Gasteiger partial charge in [0.25, 0.3) is 0 Å². The van der Waals surface area contributed by atoms with Gasteiger partial charge in [-0.25, -0.2) is 4.39 Å². The Morgan fingerprint density at radius 3 is 2.22 bits per heavy atom. The molecule has 1 fully saturated rings. The van der Waals surface area contributed by atoms with E-state index in [9.17, 15) is 19.1 Å². The third-order valence-corrected chi connectivity index (χ3v) is 5.53. The molecule has 0 aliphatic carbocycles. The minimum atomic E-state index is -1.59. The van der Waals surface area contributed by atoms with Crippen molar-refractivity contribution in [3.63, 3.8) is 0 Å². The van der Waals surface area contributed by atoms with E-state index in [0.717, 1.165) is 0 Å². The number of ether oxygens (including phenoxy) is 1. The Balaban J connectivity index is 1.88. The molecule has 1 unspecified atom stereocenters. The van der Waals surface area contributed by atoms with Crippen LogP contribution in [0, 0.1) is 11.7 Å². The van der Waals surface area contributed by atoms with Gasteiger partial charge in [0.2, 0.25) is 5.91 Å². The van der Waals surface area contributed by atoms with Gasteiger partial charge in [0.1, 0.15) is 11.4 Å². The van der Waals surface area contributed by atoms with E-state index in [2.05, 4.69) is 5.32 Å². The lowest BCUT2D eigenvalue weighted by Gasteiger charge is -2.44. The van der Waals surface area contributed by atoms with Crippen LogP contribution in [0.15, 0.2) is 48.5 Å². The molecule has 2 aromatic carbocycles. The largest absolute Gasteiger partial charge is 0.460 e. The summed E-state index contributed by atoms with van der Waals surface area (Å²) in [5.41, 5.74) is -0.582. The molecule has 0 saturated carbocycles. The standard InChI is InChI=1S/C25H31FN2O4/c1-17(29)27-22-10-8-19(9-11-22)25(31,20-6-5-7-21(26)16-20)28-14-12-18(13-15-28)23(30)32-24(2,3)4/h5-11,16,18,31H,12-15H2,1-4H3,(H,27,29). The molecule has 1 saturated heterocycles. The third-order valence-electron chi connectivity index (χ3n) is 5.53. The number of hydrogen-bond acceptors (Lipinski definition) is 5. The van der Waals surface area contributed by atoms with Gasteiger partial charge in [-0.05, 0) is 57.9 Å². The van der Waals surface area contributed by atoms with Crippen molar-refractivity contribution in [1.29, 1.82) is 0 Å². The van der Waals surface area contributed by atoms with E-state index in [1.54, 1.807) is 36.4 Å². The van der Waals surface area contributed by atoms with Crippen LogP contribution in [0.1, 0.15) is 51.7 Å². The van der Waals surface area contributed by atoms with Crippen molar-refractivity contribution in [3.05, 3.63) is 65.5 Å². The van der Waals surface area contributed by atoms with Crippen molar-refractivity contribution in [3.8, 4) is 0 Å². The Morgan fingerprint density at radius 2 is 1.69 bits per heavy atom. The number of aliphatic hydroxyl groups is 1. The van der Waals surface area contributed by atoms with Crippen LogP contribution in [-0.4, -0.2) is 40.6 Å². The van der Waals surface area contributed by atoms with Crippen molar-refractivity contribution in [2.75, 3.05) is 18.4 Å². The predicted octanol–water partition coefficient (Wildman–Crippen LogP) is 4.03. The molecule has 0 spiro atoms. The van der Waals surface area contributed by atoms with Gasteiger partial charge in [-0.1, -0.05) is 24.3 Å². The molecule has 0 aromatic heterocycles. The molecule has 3 rings (SSSR count). The van der Waals surface area contributed by atoms with Gasteiger partial charge in [0.15, 0.2) is 5.72 Å². The number of piperidine rings is 1. The van der Waals surface area contributed by atoms with E-state index in [0.29, 0.717) is 42.7 Å². The first-order valence-corrected chi connectivity index (χ1v) is 10.8. The van der Waals surface area contributed by atoms with Gasteiger partial charge in [-0.2, -0.15) is 0 Å². The molecule has 0 radical (unpaired) electrons. The molecule has 1 aliphatic heterocycles. The molecule has 6 nitrogen and oxygen atoms in total. The zero-order valence-corrected chi connectivity index (χ0v) is 19.0. The van der Waals surface area contributed by atoms with Gasteiger partial charge in [0.05, 0.1) is 5.92 Å². The summed E-state index contributed by atoms with van der Waals surface area (Å²) in [4.78, 5) is 25.7. The zero-order chi connectivity index (χ0) is 23.5. The fourth-order valence-electron chi connectivity index (χ4n) is 4.05. The summed E-state index contributed by atoms with van der Waals surface area (Å²) >= 11 is 0. The number of likely N-dealkylation sites (tertiary alicyclic amines) is 1. The van der Waals surface area contributed by atoms with Crippen LogP contribution in [0.3, 0.4) is 0 Å². The molecule has 1 amide bonds. The highest BCUT2D eigenvalue weighted by atomic mass is 19.1. The average molecular weight is 443 g/mol. The number of nitrogens with one attached hydrogen (secondary N) is 1. The third kappa shape index (κ3) is 5.53. The number of amides is 1. The fourth-order valence-corrected chi connectivity index (χ4v) is 4.05. The summed E-state index contributed by atoms with van der Waals surface area (Å²) in [7, 11) is 0. The highest BCUT2D eigenvalue weighted by Crippen LogP contribution is 2.37. The van der Waals surface area contributed by atoms with Crippen molar-refractivity contribution in [1.82, 2.24) is 4.90 Å². The Labute approximate surface area is 188 Å². The van der Waals surface area contributed by atoms with Crippen LogP contribution < -0.4 is 5.32 Å². The quantitative estimate of drug-likeness (QED) is 0.684. The molecule has 172 valence electrons. The van der Waals surface area contributed by atoms with Gasteiger partial charge in [0, 0.05) is 36.8 Å². The van der Waals surface area contributed by atoms with Crippen LogP contribution in [0.2, 0.25) is 0 Å².